The molecule has 5 nitrogen and oxygen atoms in total. The van der Waals surface area contributed by atoms with Crippen molar-refractivity contribution in [1.29, 1.82) is 10.5 Å². The van der Waals surface area contributed by atoms with Gasteiger partial charge < -0.3 is 10.1 Å². The second-order valence-corrected chi connectivity index (χ2v) is 10.8. The average Bonchev–Trinajstić information content (AvgIpc) is 3.65. The van der Waals surface area contributed by atoms with Crippen molar-refractivity contribution in [3.8, 4) is 35.4 Å². The van der Waals surface area contributed by atoms with Crippen molar-refractivity contribution < 1.29 is 5.11 Å². The third-order valence-corrected chi connectivity index (χ3v) is 7.19. The van der Waals surface area contributed by atoms with Gasteiger partial charge in [0.1, 0.15) is 5.82 Å². The minimum absolute atomic E-state index is 0.406. The number of benzene rings is 4. The number of imidazole rings is 1. The number of aryl methyl sites for hydroxylation is 1. The molecule has 1 saturated carbocycles. The highest BCUT2D eigenvalue weighted by Crippen LogP contribution is 2.38. The van der Waals surface area contributed by atoms with Gasteiger partial charge in [-0.2, -0.15) is 10.5 Å². The van der Waals surface area contributed by atoms with Gasteiger partial charge in [0, 0.05) is 22.3 Å². The molecule has 4 aromatic carbocycles. The predicted octanol–water partition coefficient (Wildman–Crippen LogP) is 6.74. The van der Waals surface area contributed by atoms with E-state index in [1.807, 2.05) is 19.9 Å². The summed E-state index contributed by atoms with van der Waals surface area (Å²) < 4.78 is 0. The van der Waals surface area contributed by atoms with E-state index in [1.54, 1.807) is 18.2 Å². The Morgan fingerprint density at radius 2 is 1.66 bits per heavy atom. The fourth-order valence-corrected chi connectivity index (χ4v) is 4.98. The van der Waals surface area contributed by atoms with Crippen molar-refractivity contribution in [2.45, 2.75) is 45.1 Å². The van der Waals surface area contributed by atoms with Crippen LogP contribution in [0.1, 0.15) is 55.4 Å². The maximum Gasteiger partial charge on any atom is 0.141 e. The molecule has 0 bridgehead atoms. The second-order valence-electron chi connectivity index (χ2n) is 10.8. The molecule has 184 valence electrons. The quantitative estimate of drug-likeness (QED) is 0.213. The van der Waals surface area contributed by atoms with Crippen LogP contribution in [0.5, 0.6) is 0 Å². The first kappa shape index (κ1) is 23.7. The summed E-state index contributed by atoms with van der Waals surface area (Å²) in [5, 5.41) is 33.9. The number of aromatic amines is 1. The first-order valence-electron chi connectivity index (χ1n) is 12.9. The van der Waals surface area contributed by atoms with Crippen LogP contribution in [-0.4, -0.2) is 20.7 Å². The molecule has 0 radical (unpaired) electrons. The van der Waals surface area contributed by atoms with Crippen LogP contribution < -0.4 is 0 Å². The Kier molecular flexibility index (Phi) is 5.65. The Morgan fingerprint density at radius 1 is 0.947 bits per heavy atom. The maximum absolute atomic E-state index is 10.3. The Morgan fingerprint density at radius 3 is 2.34 bits per heavy atom. The lowest BCUT2D eigenvalue weighted by atomic mass is 9.94. The number of nitrogens with zero attached hydrogens (tertiary/aromatic N) is 3. The van der Waals surface area contributed by atoms with E-state index in [0.717, 1.165) is 50.1 Å². The Bertz CT molecular complexity index is 1860. The van der Waals surface area contributed by atoms with Crippen molar-refractivity contribution in [1.82, 2.24) is 9.97 Å². The molecular weight excluding hydrogens is 468 g/mol. The number of aromatic nitrogens is 2. The molecule has 2 N–H and O–H groups in total. The summed E-state index contributed by atoms with van der Waals surface area (Å²) >= 11 is 0. The number of rotatable bonds is 4. The number of fused-ring (bicyclic) bond motifs is 6. The Labute approximate surface area is 221 Å². The lowest BCUT2D eigenvalue weighted by Crippen LogP contribution is -2.19. The summed E-state index contributed by atoms with van der Waals surface area (Å²) in [4.78, 5) is 8.41. The predicted molar refractivity (Wildman–Crippen MR) is 150 cm³/mol. The molecule has 6 rings (SSSR count). The fourth-order valence-electron chi connectivity index (χ4n) is 4.98. The van der Waals surface area contributed by atoms with Gasteiger partial charge in [-0.1, -0.05) is 42.2 Å². The summed E-state index contributed by atoms with van der Waals surface area (Å²) in [7, 11) is 0. The molecule has 1 aromatic heterocycles. The van der Waals surface area contributed by atoms with Gasteiger partial charge in [-0.05, 0) is 80.1 Å². The number of nitriles is 2. The minimum atomic E-state index is -0.740. The van der Waals surface area contributed by atoms with Crippen LogP contribution in [-0.2, 0) is 6.42 Å². The summed E-state index contributed by atoms with van der Waals surface area (Å²) in [5.41, 5.74) is 4.38. The standard InChI is InChI=1S/C33H26N4O/c1-33(2,38)15-14-22-11-13-26-28(17-22)27-16-21(9-8-20-6-7-20)10-12-25(27)30-31(26)37-32(36-30)29-23(18-34)4-3-5-24(29)19-35/h3-5,10-13,16-17,20,38H,6-7,14-15H2,1-2H3,(H,36,37). The van der Waals surface area contributed by atoms with Crippen LogP contribution in [0.4, 0.5) is 0 Å². The third-order valence-electron chi connectivity index (χ3n) is 7.19. The SMILES string of the molecule is CC(C)(O)CCc1ccc2c(c1)c1cc(C#CC3CC3)ccc1c1[nH]c(-c3c(C#N)cccc3C#N)nc21. The number of hydrogen-bond donors (Lipinski definition) is 2. The summed E-state index contributed by atoms with van der Waals surface area (Å²) in [5.74, 6) is 7.74. The van der Waals surface area contributed by atoms with Gasteiger partial charge in [-0.3, -0.25) is 0 Å². The molecule has 0 saturated heterocycles. The Hall–Kier alpha value is -4.63. The molecule has 1 heterocycles. The van der Waals surface area contributed by atoms with E-state index in [9.17, 15) is 15.6 Å². The highest BCUT2D eigenvalue weighted by Gasteiger charge is 2.20. The van der Waals surface area contributed by atoms with E-state index in [0.29, 0.717) is 34.9 Å². The van der Waals surface area contributed by atoms with E-state index in [2.05, 4.69) is 59.3 Å². The molecule has 1 fully saturated rings. The van der Waals surface area contributed by atoms with Gasteiger partial charge >= 0.3 is 0 Å². The highest BCUT2D eigenvalue weighted by atomic mass is 16.3. The monoisotopic (exact) mass is 494 g/mol. The van der Waals surface area contributed by atoms with Crippen molar-refractivity contribution in [3.05, 3.63) is 76.9 Å². The molecule has 5 heteroatoms. The topological polar surface area (TPSA) is 96.5 Å². The lowest BCUT2D eigenvalue weighted by Gasteiger charge is -2.17. The minimum Gasteiger partial charge on any atom is -0.390 e. The molecule has 0 aliphatic heterocycles. The smallest absolute Gasteiger partial charge is 0.141 e. The summed E-state index contributed by atoms with van der Waals surface area (Å²) in [6.45, 7) is 3.66. The molecule has 1 aliphatic rings. The third kappa shape index (κ3) is 4.37. The van der Waals surface area contributed by atoms with Crippen LogP contribution in [0.15, 0.2) is 54.6 Å². The number of aliphatic hydroxyl groups is 1. The van der Waals surface area contributed by atoms with Crippen molar-refractivity contribution in [2.75, 3.05) is 0 Å². The average molecular weight is 495 g/mol. The zero-order valence-electron chi connectivity index (χ0n) is 21.4. The normalized spacial score (nSPS) is 13.3. The van der Waals surface area contributed by atoms with Crippen LogP contribution in [0.25, 0.3) is 44.0 Å². The van der Waals surface area contributed by atoms with E-state index < -0.39 is 5.60 Å². The molecule has 0 amide bonds. The van der Waals surface area contributed by atoms with Crippen LogP contribution >= 0.6 is 0 Å². The summed E-state index contributed by atoms with van der Waals surface area (Å²) in [6, 6.07) is 22.2. The first-order valence-corrected chi connectivity index (χ1v) is 12.9. The van der Waals surface area contributed by atoms with E-state index in [-0.39, 0.29) is 0 Å². The molecule has 5 aromatic rings. The number of nitrogens with one attached hydrogen (secondary N) is 1. The Balaban J connectivity index is 1.62. The van der Waals surface area contributed by atoms with Gasteiger partial charge in [0.05, 0.1) is 45.5 Å². The largest absolute Gasteiger partial charge is 0.390 e. The van der Waals surface area contributed by atoms with Crippen LogP contribution in [0.3, 0.4) is 0 Å². The zero-order chi connectivity index (χ0) is 26.4. The van der Waals surface area contributed by atoms with Gasteiger partial charge in [0.2, 0.25) is 0 Å². The maximum atomic E-state index is 10.3. The molecular formula is C33H26N4O. The van der Waals surface area contributed by atoms with Crippen LogP contribution in [0.2, 0.25) is 0 Å². The summed E-state index contributed by atoms with van der Waals surface area (Å²) in [6.07, 6.45) is 3.78. The van der Waals surface area contributed by atoms with E-state index >= 15 is 0 Å². The van der Waals surface area contributed by atoms with Gasteiger partial charge in [-0.25, -0.2) is 4.98 Å². The molecule has 0 atom stereocenters. The first-order chi connectivity index (χ1) is 18.3. The van der Waals surface area contributed by atoms with Gasteiger partial charge in [0.25, 0.3) is 0 Å². The van der Waals surface area contributed by atoms with E-state index in [1.165, 1.54) is 12.8 Å². The fraction of sp³-hybridized carbons (Fsp3) is 0.242. The molecule has 38 heavy (non-hydrogen) atoms. The van der Waals surface area contributed by atoms with Crippen molar-refractivity contribution in [3.63, 3.8) is 0 Å². The second kappa shape index (κ2) is 9.04. The highest BCUT2D eigenvalue weighted by molar-refractivity contribution is 6.24. The molecule has 0 unspecified atom stereocenters. The lowest BCUT2D eigenvalue weighted by molar-refractivity contribution is 0.0714. The van der Waals surface area contributed by atoms with Crippen molar-refractivity contribution >= 4 is 32.6 Å². The van der Waals surface area contributed by atoms with Crippen molar-refractivity contribution in [2.24, 2.45) is 5.92 Å². The van der Waals surface area contributed by atoms with E-state index in [4.69, 9.17) is 4.98 Å². The zero-order valence-corrected chi connectivity index (χ0v) is 21.4. The number of H-pyrrole nitrogens is 1. The number of hydrogen-bond acceptors (Lipinski definition) is 4. The molecule has 1 aliphatic carbocycles. The molecule has 0 spiro atoms. The van der Waals surface area contributed by atoms with Gasteiger partial charge in [-0.15, -0.1) is 0 Å². The van der Waals surface area contributed by atoms with Gasteiger partial charge in [0.15, 0.2) is 0 Å². The van der Waals surface area contributed by atoms with Crippen LogP contribution in [0, 0.1) is 40.4 Å².